The van der Waals surface area contributed by atoms with E-state index in [9.17, 15) is 14.4 Å². The Labute approximate surface area is 213 Å². The number of aromatic amines is 2. The Bertz CT molecular complexity index is 1500. The molecule has 4 aromatic rings. The van der Waals surface area contributed by atoms with Gasteiger partial charge in [0.05, 0.1) is 21.5 Å². The highest BCUT2D eigenvalue weighted by Gasteiger charge is 2.18. The number of carbonyl (C=O) groups excluding carboxylic acids is 1. The van der Waals surface area contributed by atoms with Crippen LogP contribution >= 0.6 is 35.0 Å². The summed E-state index contributed by atoms with van der Waals surface area (Å²) in [5.41, 5.74) is 2.66. The molecule has 9 nitrogen and oxygen atoms in total. The van der Waals surface area contributed by atoms with Crippen LogP contribution in [0.5, 0.6) is 0 Å². The molecule has 2 aromatic carbocycles. The Morgan fingerprint density at radius 1 is 1.03 bits per heavy atom. The maximum Gasteiger partial charge on any atom is 0.325 e. The number of hydrogen-bond donors (Lipinski definition) is 3. The molecular formula is C23H20Cl2N6O3S. The Hall–Kier alpha value is -3.34. The van der Waals surface area contributed by atoms with Crippen LogP contribution in [0.25, 0.3) is 5.69 Å². The lowest BCUT2D eigenvalue weighted by atomic mass is 10.1. The van der Waals surface area contributed by atoms with Gasteiger partial charge in [-0.3, -0.25) is 19.1 Å². The van der Waals surface area contributed by atoms with E-state index in [1.54, 1.807) is 18.2 Å². The predicted octanol–water partition coefficient (Wildman–Crippen LogP) is 3.89. The van der Waals surface area contributed by atoms with Crippen LogP contribution in [0, 0.1) is 13.8 Å². The van der Waals surface area contributed by atoms with Crippen LogP contribution in [0.4, 0.5) is 5.69 Å². The van der Waals surface area contributed by atoms with Crippen molar-refractivity contribution in [1.29, 1.82) is 0 Å². The van der Waals surface area contributed by atoms with Crippen molar-refractivity contribution in [3.05, 3.63) is 96.0 Å². The van der Waals surface area contributed by atoms with Crippen molar-refractivity contribution < 1.29 is 4.79 Å². The summed E-state index contributed by atoms with van der Waals surface area (Å²) in [7, 11) is 0. The lowest BCUT2D eigenvalue weighted by molar-refractivity contribution is -0.113. The first-order valence-corrected chi connectivity index (χ1v) is 12.2. The average Bonchev–Trinajstić information content (AvgIpc) is 3.18. The zero-order chi connectivity index (χ0) is 25.1. The van der Waals surface area contributed by atoms with Crippen LogP contribution in [-0.2, 0) is 11.2 Å². The van der Waals surface area contributed by atoms with Gasteiger partial charge in [0.15, 0.2) is 5.16 Å². The van der Waals surface area contributed by atoms with Gasteiger partial charge >= 0.3 is 5.69 Å². The van der Waals surface area contributed by atoms with E-state index in [0.717, 1.165) is 16.8 Å². The minimum Gasteiger partial charge on any atom is -0.325 e. The van der Waals surface area contributed by atoms with Crippen molar-refractivity contribution in [1.82, 2.24) is 24.7 Å². The molecule has 180 valence electrons. The number of amides is 1. The number of nitrogens with zero attached hydrogens (tertiary/aromatic N) is 3. The molecule has 3 N–H and O–H groups in total. The molecule has 0 fully saturated rings. The number of hydrogen-bond acceptors (Lipinski definition) is 6. The summed E-state index contributed by atoms with van der Waals surface area (Å²) in [5, 5.41) is 12.6. The Kier molecular flexibility index (Phi) is 7.44. The minimum atomic E-state index is -0.598. The fourth-order valence-electron chi connectivity index (χ4n) is 3.40. The largest absolute Gasteiger partial charge is 0.325 e. The van der Waals surface area contributed by atoms with Crippen LogP contribution in [0.15, 0.2) is 57.2 Å². The molecule has 0 radical (unpaired) electrons. The van der Waals surface area contributed by atoms with E-state index in [1.807, 2.05) is 36.6 Å². The number of carbonyl (C=O) groups is 1. The van der Waals surface area contributed by atoms with Gasteiger partial charge in [-0.2, -0.15) is 0 Å². The summed E-state index contributed by atoms with van der Waals surface area (Å²) < 4.78 is 1.83. The van der Waals surface area contributed by atoms with Gasteiger partial charge in [0.1, 0.15) is 5.82 Å². The molecule has 12 heteroatoms. The van der Waals surface area contributed by atoms with Gasteiger partial charge in [-0.1, -0.05) is 47.1 Å². The fourth-order valence-corrected chi connectivity index (χ4v) is 4.46. The first-order valence-electron chi connectivity index (χ1n) is 10.4. The Balaban J connectivity index is 1.63. The molecule has 0 aliphatic heterocycles. The topological polar surface area (TPSA) is 126 Å². The molecule has 0 unspecified atom stereocenters. The number of rotatable bonds is 7. The highest BCUT2D eigenvalue weighted by Crippen LogP contribution is 2.27. The second kappa shape index (κ2) is 10.5. The first-order chi connectivity index (χ1) is 16.7. The zero-order valence-electron chi connectivity index (χ0n) is 18.7. The van der Waals surface area contributed by atoms with E-state index in [4.69, 9.17) is 23.2 Å². The summed E-state index contributed by atoms with van der Waals surface area (Å²) >= 11 is 13.2. The average molecular weight is 531 g/mol. The third-order valence-electron chi connectivity index (χ3n) is 5.01. The van der Waals surface area contributed by atoms with E-state index in [2.05, 4.69) is 25.5 Å². The van der Waals surface area contributed by atoms with Crippen LogP contribution in [-0.4, -0.2) is 36.4 Å². The van der Waals surface area contributed by atoms with E-state index >= 15 is 0 Å². The molecule has 1 amide bonds. The minimum absolute atomic E-state index is 0.0606. The summed E-state index contributed by atoms with van der Waals surface area (Å²) in [5.74, 6) is 0.308. The van der Waals surface area contributed by atoms with Crippen molar-refractivity contribution in [2.24, 2.45) is 0 Å². The molecule has 0 spiro atoms. The molecule has 0 saturated heterocycles. The van der Waals surface area contributed by atoms with E-state index in [1.165, 1.54) is 17.8 Å². The fraction of sp³-hybridized carbons (Fsp3) is 0.174. The van der Waals surface area contributed by atoms with Crippen molar-refractivity contribution in [2.75, 3.05) is 11.1 Å². The van der Waals surface area contributed by atoms with Crippen molar-refractivity contribution in [3.8, 4) is 5.69 Å². The number of H-pyrrole nitrogens is 2. The van der Waals surface area contributed by atoms with Gasteiger partial charge in [0.2, 0.25) is 5.91 Å². The van der Waals surface area contributed by atoms with Crippen LogP contribution in [0.1, 0.15) is 22.6 Å². The van der Waals surface area contributed by atoms with E-state index in [0.29, 0.717) is 32.4 Å². The quantitative estimate of drug-likeness (QED) is 0.311. The molecule has 0 bridgehead atoms. The lowest BCUT2D eigenvalue weighted by Gasteiger charge is -2.14. The van der Waals surface area contributed by atoms with Gasteiger partial charge in [-0.15, -0.1) is 10.2 Å². The SMILES string of the molecule is Cc1ccc(C)c(-n2c(Cc3cc(=O)[nH]c(=O)[nH]3)nnc2SCC(=O)Nc2ccc(Cl)c(Cl)c2)c1. The smallest absolute Gasteiger partial charge is 0.325 e. The first kappa shape index (κ1) is 24.8. The normalized spacial score (nSPS) is 11.0. The molecule has 0 atom stereocenters. The molecule has 0 saturated carbocycles. The monoisotopic (exact) mass is 530 g/mol. The number of thioether (sulfide) groups is 1. The number of nitrogens with one attached hydrogen (secondary N) is 3. The number of halogens is 2. The molecule has 2 heterocycles. The van der Waals surface area contributed by atoms with Gasteiger partial charge < -0.3 is 10.3 Å². The Morgan fingerprint density at radius 3 is 2.57 bits per heavy atom. The molecule has 35 heavy (non-hydrogen) atoms. The van der Waals surface area contributed by atoms with E-state index < -0.39 is 11.2 Å². The number of aryl methyl sites for hydroxylation is 2. The van der Waals surface area contributed by atoms with Gasteiger partial charge in [0, 0.05) is 23.9 Å². The summed E-state index contributed by atoms with van der Waals surface area (Å²) in [4.78, 5) is 40.8. The molecule has 0 aliphatic rings. The maximum absolute atomic E-state index is 12.6. The third-order valence-corrected chi connectivity index (χ3v) is 6.67. The molecule has 2 aromatic heterocycles. The van der Waals surface area contributed by atoms with E-state index in [-0.39, 0.29) is 18.1 Å². The summed E-state index contributed by atoms with van der Waals surface area (Å²) in [6.07, 6.45) is 0.162. The number of benzene rings is 2. The van der Waals surface area contributed by atoms with Crippen LogP contribution in [0.2, 0.25) is 10.0 Å². The summed E-state index contributed by atoms with van der Waals surface area (Å²) in [6, 6.07) is 12.1. The number of anilines is 1. The predicted molar refractivity (Wildman–Crippen MR) is 137 cm³/mol. The molecule has 0 aliphatic carbocycles. The highest BCUT2D eigenvalue weighted by atomic mass is 35.5. The van der Waals surface area contributed by atoms with Gasteiger partial charge in [0.25, 0.3) is 5.56 Å². The van der Waals surface area contributed by atoms with Crippen LogP contribution in [0.3, 0.4) is 0 Å². The van der Waals surface area contributed by atoms with Crippen molar-refractivity contribution in [3.63, 3.8) is 0 Å². The Morgan fingerprint density at radius 2 is 1.83 bits per heavy atom. The maximum atomic E-state index is 12.6. The third kappa shape index (κ3) is 6.02. The van der Waals surface area contributed by atoms with Gasteiger partial charge in [-0.25, -0.2) is 4.79 Å². The summed E-state index contributed by atoms with van der Waals surface area (Å²) in [6.45, 7) is 3.93. The van der Waals surface area contributed by atoms with Crippen LogP contribution < -0.4 is 16.6 Å². The lowest BCUT2D eigenvalue weighted by Crippen LogP contribution is -2.23. The van der Waals surface area contributed by atoms with Crippen molar-refractivity contribution in [2.45, 2.75) is 25.4 Å². The zero-order valence-corrected chi connectivity index (χ0v) is 21.0. The number of aromatic nitrogens is 5. The molecular weight excluding hydrogens is 511 g/mol. The van der Waals surface area contributed by atoms with Crippen molar-refractivity contribution >= 4 is 46.6 Å². The standard InChI is InChI=1S/C23H20Cl2N6O3S/c1-12-3-4-13(2)18(7-12)31-19(9-15-10-20(32)28-22(34)27-15)29-30-23(31)35-11-21(33)26-14-5-6-16(24)17(25)8-14/h3-8,10H,9,11H2,1-2H3,(H,26,33)(H2,27,28,32,34). The second-order valence-electron chi connectivity index (χ2n) is 7.78. The van der Waals surface area contributed by atoms with Gasteiger partial charge in [-0.05, 0) is 49.2 Å². The second-order valence-corrected chi connectivity index (χ2v) is 9.54. The molecule has 4 rings (SSSR count). The highest BCUT2D eigenvalue weighted by molar-refractivity contribution is 7.99.